The first-order chi connectivity index (χ1) is 9.99. The van der Waals surface area contributed by atoms with E-state index in [0.717, 1.165) is 18.2 Å². The van der Waals surface area contributed by atoms with Gasteiger partial charge in [-0.2, -0.15) is 11.8 Å². The minimum absolute atomic E-state index is 0.0210. The maximum atomic E-state index is 13.6. The van der Waals surface area contributed by atoms with Gasteiger partial charge in [-0.15, -0.1) is 0 Å². The second kappa shape index (κ2) is 8.51. The summed E-state index contributed by atoms with van der Waals surface area (Å²) in [6.45, 7) is 1.99. The maximum Gasteiger partial charge on any atom is 0.330 e. The fourth-order valence-electron chi connectivity index (χ4n) is 1.66. The third-order valence-corrected chi connectivity index (χ3v) is 3.81. The van der Waals surface area contributed by atoms with Crippen LogP contribution in [-0.2, 0) is 9.59 Å². The highest BCUT2D eigenvalue weighted by Gasteiger charge is 2.23. The molecule has 0 spiro atoms. The quantitative estimate of drug-likeness (QED) is 0.719. The molecule has 116 valence electrons. The van der Waals surface area contributed by atoms with Crippen LogP contribution in [0.25, 0.3) is 0 Å². The molecule has 0 heterocycles. The molecule has 0 aliphatic rings. The molecule has 7 heteroatoms. The standard InChI is InChI=1S/C14H18FNO4S/c1-3-6-21-8-12(17)16-13(14(18)19)9-4-5-11(20-2)10(15)7-9/h4-5,7,13H,3,6,8H2,1-2H3,(H,16,17)(H,18,19). The average Bonchev–Trinajstić information content (AvgIpc) is 2.44. The number of ether oxygens (including phenoxy) is 1. The maximum absolute atomic E-state index is 13.6. The Morgan fingerprint density at radius 3 is 2.71 bits per heavy atom. The number of aliphatic carboxylic acids is 1. The normalized spacial score (nSPS) is 11.8. The summed E-state index contributed by atoms with van der Waals surface area (Å²) in [6, 6.07) is 2.52. The molecular weight excluding hydrogens is 297 g/mol. The number of amides is 1. The molecule has 0 bridgehead atoms. The third-order valence-electron chi connectivity index (χ3n) is 2.64. The number of carbonyl (C=O) groups is 2. The predicted molar refractivity (Wildman–Crippen MR) is 79.1 cm³/mol. The number of nitrogens with one attached hydrogen (secondary N) is 1. The molecule has 0 aromatic heterocycles. The molecule has 1 rings (SSSR count). The van der Waals surface area contributed by atoms with Crippen LogP contribution >= 0.6 is 11.8 Å². The highest BCUT2D eigenvalue weighted by atomic mass is 32.2. The lowest BCUT2D eigenvalue weighted by Crippen LogP contribution is -2.35. The SMILES string of the molecule is CCCSCC(=O)NC(C(=O)O)c1ccc(OC)c(F)c1. The van der Waals surface area contributed by atoms with E-state index in [-0.39, 0.29) is 17.1 Å². The number of halogens is 1. The van der Waals surface area contributed by atoms with Gasteiger partial charge in [-0.25, -0.2) is 9.18 Å². The van der Waals surface area contributed by atoms with Crippen molar-refractivity contribution in [3.05, 3.63) is 29.6 Å². The third kappa shape index (κ3) is 5.26. The summed E-state index contributed by atoms with van der Waals surface area (Å²) in [7, 11) is 1.32. The van der Waals surface area contributed by atoms with Crippen LogP contribution in [0.1, 0.15) is 24.9 Å². The second-order valence-corrected chi connectivity index (χ2v) is 5.39. The Morgan fingerprint density at radius 2 is 2.19 bits per heavy atom. The minimum atomic E-state index is -1.28. The van der Waals surface area contributed by atoms with Crippen LogP contribution in [-0.4, -0.2) is 35.6 Å². The van der Waals surface area contributed by atoms with Crippen molar-refractivity contribution in [3.8, 4) is 5.75 Å². The molecule has 21 heavy (non-hydrogen) atoms. The van der Waals surface area contributed by atoms with Crippen LogP contribution in [0, 0.1) is 5.82 Å². The zero-order valence-corrected chi connectivity index (χ0v) is 12.7. The summed E-state index contributed by atoms with van der Waals surface area (Å²) in [5.41, 5.74) is 0.162. The Bertz CT molecular complexity index is 510. The summed E-state index contributed by atoms with van der Waals surface area (Å²) in [4.78, 5) is 23.0. The van der Waals surface area contributed by atoms with E-state index in [9.17, 15) is 19.1 Å². The van der Waals surface area contributed by atoms with E-state index in [0.29, 0.717) is 0 Å². The number of rotatable bonds is 8. The van der Waals surface area contributed by atoms with Crippen molar-refractivity contribution in [2.24, 2.45) is 0 Å². The molecule has 1 atom stereocenters. The van der Waals surface area contributed by atoms with Crippen molar-refractivity contribution < 1.29 is 23.8 Å². The van der Waals surface area contributed by atoms with Crippen LogP contribution in [0.4, 0.5) is 4.39 Å². The van der Waals surface area contributed by atoms with Crippen molar-refractivity contribution in [2.75, 3.05) is 18.6 Å². The first-order valence-corrected chi connectivity index (χ1v) is 7.58. The first kappa shape index (κ1) is 17.3. The zero-order chi connectivity index (χ0) is 15.8. The molecule has 0 saturated carbocycles. The van der Waals surface area contributed by atoms with E-state index in [4.69, 9.17) is 4.74 Å². The fraction of sp³-hybridized carbons (Fsp3) is 0.429. The lowest BCUT2D eigenvalue weighted by molar-refractivity contribution is -0.141. The predicted octanol–water partition coefficient (Wildman–Crippen LogP) is 2.22. The highest BCUT2D eigenvalue weighted by Crippen LogP contribution is 2.22. The summed E-state index contributed by atoms with van der Waals surface area (Å²) >= 11 is 1.42. The summed E-state index contributed by atoms with van der Waals surface area (Å²) < 4.78 is 18.4. The first-order valence-electron chi connectivity index (χ1n) is 6.43. The molecule has 1 amide bonds. The summed E-state index contributed by atoms with van der Waals surface area (Å²) in [5, 5.41) is 11.6. The van der Waals surface area contributed by atoms with Crippen LogP contribution in [0.5, 0.6) is 5.75 Å². The van der Waals surface area contributed by atoms with Crippen molar-refractivity contribution in [1.82, 2.24) is 5.32 Å². The summed E-state index contributed by atoms with van der Waals surface area (Å²) in [6.07, 6.45) is 0.935. The van der Waals surface area contributed by atoms with E-state index in [2.05, 4.69) is 5.32 Å². The Morgan fingerprint density at radius 1 is 1.48 bits per heavy atom. The molecule has 1 aromatic rings. The van der Waals surface area contributed by atoms with E-state index in [1.54, 1.807) is 0 Å². The molecule has 0 radical (unpaired) electrons. The number of hydrogen-bond acceptors (Lipinski definition) is 4. The average molecular weight is 315 g/mol. The number of carbonyl (C=O) groups excluding carboxylic acids is 1. The molecule has 0 aliphatic heterocycles. The molecule has 0 fully saturated rings. The van der Waals surface area contributed by atoms with Crippen molar-refractivity contribution >= 4 is 23.6 Å². The second-order valence-electron chi connectivity index (χ2n) is 4.29. The van der Waals surface area contributed by atoms with Gasteiger partial charge >= 0.3 is 5.97 Å². The molecule has 0 aliphatic carbocycles. The molecule has 5 nitrogen and oxygen atoms in total. The lowest BCUT2D eigenvalue weighted by Gasteiger charge is -2.15. The summed E-state index contributed by atoms with van der Waals surface area (Å²) in [5.74, 6) is -1.28. The Hall–Kier alpha value is -1.76. The number of methoxy groups -OCH3 is 1. The van der Waals surface area contributed by atoms with Crippen LogP contribution in [0.3, 0.4) is 0 Å². The van der Waals surface area contributed by atoms with Crippen molar-refractivity contribution in [2.45, 2.75) is 19.4 Å². The van der Waals surface area contributed by atoms with Gasteiger partial charge in [-0.3, -0.25) is 4.79 Å². The number of benzene rings is 1. The Balaban J connectivity index is 2.80. The number of hydrogen-bond donors (Lipinski definition) is 2. The number of carboxylic acid groups (broad SMARTS) is 1. The van der Waals surface area contributed by atoms with Gasteiger partial charge in [-0.1, -0.05) is 13.0 Å². The highest BCUT2D eigenvalue weighted by molar-refractivity contribution is 7.99. The van der Waals surface area contributed by atoms with Crippen molar-refractivity contribution in [3.63, 3.8) is 0 Å². The smallest absolute Gasteiger partial charge is 0.330 e. The Labute approximate surface area is 126 Å². The van der Waals surface area contributed by atoms with E-state index >= 15 is 0 Å². The minimum Gasteiger partial charge on any atom is -0.494 e. The molecule has 1 aromatic carbocycles. The van der Waals surface area contributed by atoms with Gasteiger partial charge in [-0.05, 0) is 29.9 Å². The fourth-order valence-corrected chi connectivity index (χ4v) is 2.36. The van der Waals surface area contributed by atoms with Gasteiger partial charge in [0.1, 0.15) is 0 Å². The van der Waals surface area contributed by atoms with Gasteiger partial charge in [0.2, 0.25) is 5.91 Å². The van der Waals surface area contributed by atoms with E-state index in [1.807, 2.05) is 6.92 Å². The van der Waals surface area contributed by atoms with Crippen LogP contribution in [0.15, 0.2) is 18.2 Å². The number of carboxylic acids is 1. The number of thioether (sulfide) groups is 1. The topological polar surface area (TPSA) is 75.6 Å². The largest absolute Gasteiger partial charge is 0.494 e. The lowest BCUT2D eigenvalue weighted by atomic mass is 10.1. The van der Waals surface area contributed by atoms with Gasteiger partial charge in [0.25, 0.3) is 0 Å². The van der Waals surface area contributed by atoms with Crippen LogP contribution in [0.2, 0.25) is 0 Å². The van der Waals surface area contributed by atoms with Crippen molar-refractivity contribution in [1.29, 1.82) is 0 Å². The molecule has 0 saturated heterocycles. The van der Waals surface area contributed by atoms with Crippen LogP contribution < -0.4 is 10.1 Å². The van der Waals surface area contributed by atoms with E-state index in [1.165, 1.54) is 31.0 Å². The van der Waals surface area contributed by atoms with Gasteiger partial charge in [0, 0.05) is 0 Å². The molecule has 1 unspecified atom stereocenters. The Kier molecular flexibility index (Phi) is 7.01. The molecular formula is C14H18FNO4S. The molecule has 2 N–H and O–H groups in total. The van der Waals surface area contributed by atoms with Gasteiger partial charge in [0.15, 0.2) is 17.6 Å². The van der Waals surface area contributed by atoms with Gasteiger partial charge in [0.05, 0.1) is 12.9 Å². The monoisotopic (exact) mass is 315 g/mol. The van der Waals surface area contributed by atoms with Gasteiger partial charge < -0.3 is 15.2 Å². The van der Waals surface area contributed by atoms with E-state index < -0.39 is 23.7 Å². The zero-order valence-electron chi connectivity index (χ0n) is 11.9.